The minimum Gasteiger partial charge on any atom is -0.383 e. The van der Waals surface area contributed by atoms with Crippen molar-refractivity contribution in [1.82, 2.24) is 9.72 Å². The molecule has 130 valence electrons. The summed E-state index contributed by atoms with van der Waals surface area (Å²) in [5.41, 5.74) is 1.59. The minimum atomic E-state index is -0.502. The fraction of sp³-hybridized carbons (Fsp3) is 0.250. The van der Waals surface area contributed by atoms with Crippen LogP contribution in [0, 0.1) is 0 Å². The Morgan fingerprint density at radius 1 is 1.40 bits per heavy atom. The zero-order valence-corrected chi connectivity index (χ0v) is 14.5. The highest BCUT2D eigenvalue weighted by atomic mass is 32.1. The molecule has 0 aliphatic heterocycles. The van der Waals surface area contributed by atoms with Gasteiger partial charge in [-0.3, -0.25) is 9.59 Å². The van der Waals surface area contributed by atoms with Crippen molar-refractivity contribution in [3.05, 3.63) is 41.0 Å². The lowest BCUT2D eigenvalue weighted by Crippen LogP contribution is -2.19. The number of nitrogens with zero attached hydrogens (tertiary/aromatic N) is 3. The van der Waals surface area contributed by atoms with E-state index in [-0.39, 0.29) is 11.7 Å². The molecule has 0 aliphatic rings. The SMILES string of the molecule is COCCn1c(=NC(=O)c2ccno2)sc2cc(NC(C)=O)ccc21. The Bertz CT molecular complexity index is 972. The maximum Gasteiger partial charge on any atom is 0.318 e. The number of thiazole rings is 1. The summed E-state index contributed by atoms with van der Waals surface area (Å²) in [6, 6.07) is 7.00. The van der Waals surface area contributed by atoms with Crippen molar-refractivity contribution in [2.45, 2.75) is 13.5 Å². The number of hydrogen-bond donors (Lipinski definition) is 1. The average Bonchev–Trinajstić information content (AvgIpc) is 3.20. The van der Waals surface area contributed by atoms with Gasteiger partial charge in [-0.25, -0.2) is 0 Å². The molecule has 0 saturated carbocycles. The van der Waals surface area contributed by atoms with Crippen LogP contribution >= 0.6 is 11.3 Å². The molecule has 1 N–H and O–H groups in total. The van der Waals surface area contributed by atoms with Crippen LogP contribution in [-0.4, -0.2) is 35.3 Å². The van der Waals surface area contributed by atoms with E-state index < -0.39 is 5.91 Å². The van der Waals surface area contributed by atoms with Gasteiger partial charge in [-0.15, -0.1) is 0 Å². The summed E-state index contributed by atoms with van der Waals surface area (Å²) in [5, 5.41) is 6.26. The van der Waals surface area contributed by atoms with E-state index in [1.165, 1.54) is 30.5 Å². The molecule has 2 heterocycles. The first kappa shape index (κ1) is 17.1. The molecule has 9 heteroatoms. The Morgan fingerprint density at radius 2 is 2.24 bits per heavy atom. The summed E-state index contributed by atoms with van der Waals surface area (Å²) < 4.78 is 12.8. The standard InChI is InChI=1S/C16H16N4O4S/c1-10(21)18-11-3-4-12-14(9-11)25-16(20(12)7-8-23-2)19-15(22)13-5-6-17-24-13/h3-6,9H,7-8H2,1-2H3,(H,18,21). The summed E-state index contributed by atoms with van der Waals surface area (Å²) >= 11 is 1.35. The van der Waals surface area contributed by atoms with Crippen molar-refractivity contribution < 1.29 is 18.8 Å². The maximum atomic E-state index is 12.2. The van der Waals surface area contributed by atoms with Gasteiger partial charge in [0.15, 0.2) is 4.80 Å². The molecule has 0 aliphatic carbocycles. The molecule has 25 heavy (non-hydrogen) atoms. The van der Waals surface area contributed by atoms with Crippen LogP contribution in [0.1, 0.15) is 17.5 Å². The van der Waals surface area contributed by atoms with E-state index in [0.717, 1.165) is 10.2 Å². The van der Waals surface area contributed by atoms with Crippen LogP contribution in [0.5, 0.6) is 0 Å². The van der Waals surface area contributed by atoms with Gasteiger partial charge in [0.2, 0.25) is 11.7 Å². The lowest BCUT2D eigenvalue weighted by Gasteiger charge is -2.05. The van der Waals surface area contributed by atoms with Crippen LogP contribution in [0.4, 0.5) is 5.69 Å². The highest BCUT2D eigenvalue weighted by Gasteiger charge is 2.12. The fourth-order valence-corrected chi connectivity index (χ4v) is 3.40. The van der Waals surface area contributed by atoms with Crippen LogP contribution in [0.3, 0.4) is 0 Å². The van der Waals surface area contributed by atoms with Gasteiger partial charge in [0.1, 0.15) is 0 Å². The van der Waals surface area contributed by atoms with Crippen LogP contribution in [-0.2, 0) is 16.1 Å². The predicted octanol–water partition coefficient (Wildman–Crippen LogP) is 2.04. The first-order valence-electron chi connectivity index (χ1n) is 7.48. The van der Waals surface area contributed by atoms with Crippen molar-refractivity contribution in [2.24, 2.45) is 4.99 Å². The topological polar surface area (TPSA) is 98.7 Å². The highest BCUT2D eigenvalue weighted by Crippen LogP contribution is 2.22. The third-order valence-corrected chi connectivity index (χ3v) is 4.41. The zero-order chi connectivity index (χ0) is 17.8. The van der Waals surface area contributed by atoms with Gasteiger partial charge >= 0.3 is 5.91 Å². The summed E-state index contributed by atoms with van der Waals surface area (Å²) in [4.78, 5) is 28.1. The number of anilines is 1. The van der Waals surface area contributed by atoms with Crippen molar-refractivity contribution in [2.75, 3.05) is 19.0 Å². The van der Waals surface area contributed by atoms with Crippen LogP contribution < -0.4 is 10.1 Å². The second kappa shape index (κ2) is 7.41. The molecule has 0 fully saturated rings. The van der Waals surface area contributed by atoms with E-state index in [1.807, 2.05) is 22.8 Å². The Labute approximate surface area is 146 Å². The van der Waals surface area contributed by atoms with E-state index in [0.29, 0.717) is 23.6 Å². The minimum absolute atomic E-state index is 0.0784. The number of benzene rings is 1. The van der Waals surface area contributed by atoms with Crippen molar-refractivity contribution in [3.63, 3.8) is 0 Å². The first-order valence-corrected chi connectivity index (χ1v) is 8.30. The number of hydrogen-bond acceptors (Lipinski definition) is 6. The van der Waals surface area contributed by atoms with Gasteiger partial charge in [-0.05, 0) is 18.2 Å². The summed E-state index contributed by atoms with van der Waals surface area (Å²) in [7, 11) is 1.61. The number of nitrogens with one attached hydrogen (secondary N) is 1. The molecule has 2 amide bonds. The van der Waals surface area contributed by atoms with Crippen LogP contribution in [0.15, 0.2) is 40.0 Å². The normalized spacial score (nSPS) is 11.8. The van der Waals surface area contributed by atoms with Gasteiger partial charge < -0.3 is 19.1 Å². The van der Waals surface area contributed by atoms with Gasteiger partial charge in [0.25, 0.3) is 0 Å². The third-order valence-electron chi connectivity index (χ3n) is 3.37. The largest absolute Gasteiger partial charge is 0.383 e. The molecule has 8 nitrogen and oxygen atoms in total. The second-order valence-corrected chi connectivity index (χ2v) is 6.20. The Hall–Kier alpha value is -2.78. The Kier molecular flexibility index (Phi) is 5.05. The molecule has 0 radical (unpaired) electrons. The number of fused-ring (bicyclic) bond motifs is 1. The number of methoxy groups -OCH3 is 1. The van der Waals surface area contributed by atoms with Crippen molar-refractivity contribution in [3.8, 4) is 0 Å². The summed E-state index contributed by atoms with van der Waals surface area (Å²) in [5.74, 6) is -0.569. The van der Waals surface area contributed by atoms with Gasteiger partial charge in [0, 0.05) is 32.3 Å². The molecule has 0 unspecified atom stereocenters. The lowest BCUT2D eigenvalue weighted by molar-refractivity contribution is -0.114. The smallest absolute Gasteiger partial charge is 0.318 e. The van der Waals surface area contributed by atoms with E-state index in [1.54, 1.807) is 7.11 Å². The number of rotatable bonds is 5. The first-order chi connectivity index (χ1) is 12.1. The third kappa shape index (κ3) is 3.83. The molecular weight excluding hydrogens is 344 g/mol. The molecule has 3 rings (SSSR count). The number of aromatic nitrogens is 2. The molecule has 2 aromatic heterocycles. The molecule has 0 bridgehead atoms. The van der Waals surface area contributed by atoms with Crippen LogP contribution in [0.2, 0.25) is 0 Å². The number of carbonyl (C=O) groups excluding carboxylic acids is 2. The molecule has 0 atom stereocenters. The van der Waals surface area contributed by atoms with Crippen LogP contribution in [0.25, 0.3) is 10.2 Å². The van der Waals surface area contributed by atoms with Gasteiger partial charge in [-0.1, -0.05) is 16.5 Å². The lowest BCUT2D eigenvalue weighted by atomic mass is 10.3. The van der Waals surface area contributed by atoms with E-state index in [4.69, 9.17) is 9.26 Å². The summed E-state index contributed by atoms with van der Waals surface area (Å²) in [6.07, 6.45) is 1.40. The number of amides is 2. The summed E-state index contributed by atoms with van der Waals surface area (Å²) in [6.45, 7) is 2.47. The molecule has 1 aromatic carbocycles. The average molecular weight is 360 g/mol. The molecule has 0 saturated heterocycles. The molecule has 0 spiro atoms. The zero-order valence-electron chi connectivity index (χ0n) is 13.7. The predicted molar refractivity (Wildman–Crippen MR) is 92.4 cm³/mol. The van der Waals surface area contributed by atoms with Crippen molar-refractivity contribution in [1.29, 1.82) is 0 Å². The molecule has 3 aromatic rings. The quantitative estimate of drug-likeness (QED) is 0.751. The monoisotopic (exact) mass is 360 g/mol. The van der Waals surface area contributed by atoms with E-state index in [9.17, 15) is 9.59 Å². The van der Waals surface area contributed by atoms with E-state index in [2.05, 4.69) is 15.5 Å². The van der Waals surface area contributed by atoms with Gasteiger partial charge in [0.05, 0.1) is 23.0 Å². The Morgan fingerprint density at radius 3 is 2.92 bits per heavy atom. The fourth-order valence-electron chi connectivity index (χ4n) is 2.31. The highest BCUT2D eigenvalue weighted by molar-refractivity contribution is 7.16. The van der Waals surface area contributed by atoms with Crippen molar-refractivity contribution >= 4 is 39.1 Å². The Balaban J connectivity index is 2.08. The number of carbonyl (C=O) groups is 2. The second-order valence-electron chi connectivity index (χ2n) is 5.19. The number of ether oxygens (including phenoxy) is 1. The van der Waals surface area contributed by atoms with Gasteiger partial charge in [-0.2, -0.15) is 4.99 Å². The maximum absolute atomic E-state index is 12.2. The molecular formula is C16H16N4O4S. The van der Waals surface area contributed by atoms with E-state index >= 15 is 0 Å².